The Morgan fingerprint density at radius 3 is 2.56 bits per heavy atom. The Bertz CT molecular complexity index is 1010. The highest BCUT2D eigenvalue weighted by molar-refractivity contribution is 6.06. The topological polar surface area (TPSA) is 71.2 Å². The zero-order valence-electron chi connectivity index (χ0n) is 15.6. The zero-order valence-corrected chi connectivity index (χ0v) is 15.6. The smallest absolute Gasteiger partial charge is 0.330 e. The molecule has 0 unspecified atom stereocenters. The molecule has 0 saturated carbocycles. The normalized spacial score (nSPS) is 11.1. The summed E-state index contributed by atoms with van der Waals surface area (Å²) in [4.78, 5) is 27.2. The molecule has 138 valence electrons. The lowest BCUT2D eigenvalue weighted by molar-refractivity contribution is -0.137. The molecule has 0 aliphatic carbocycles. The first-order valence-electron chi connectivity index (χ1n) is 8.83. The molecule has 0 atom stereocenters. The number of benzene rings is 2. The van der Waals surface area contributed by atoms with Crippen molar-refractivity contribution >= 4 is 34.5 Å². The highest BCUT2D eigenvalue weighted by atomic mass is 16.5. The summed E-state index contributed by atoms with van der Waals surface area (Å²) in [6, 6.07) is 12.9. The number of nitrogens with one attached hydrogen (secondary N) is 2. The van der Waals surface area contributed by atoms with Crippen LogP contribution >= 0.6 is 0 Å². The molecule has 0 aliphatic rings. The Morgan fingerprint density at radius 2 is 1.85 bits per heavy atom. The first-order valence-corrected chi connectivity index (χ1v) is 8.83. The molecule has 0 aliphatic heterocycles. The number of hydrogen-bond donors (Lipinski definition) is 2. The van der Waals surface area contributed by atoms with E-state index in [1.165, 1.54) is 6.08 Å². The number of fused-ring (bicyclic) bond motifs is 1. The number of ether oxygens (including phenoxy) is 1. The average molecular weight is 362 g/mol. The number of H-pyrrole nitrogens is 1. The number of esters is 1. The third-order valence-corrected chi connectivity index (χ3v) is 4.44. The van der Waals surface area contributed by atoms with E-state index < -0.39 is 0 Å². The first-order chi connectivity index (χ1) is 13.0. The molecular weight excluding hydrogens is 340 g/mol. The molecule has 5 heteroatoms. The second-order valence-electron chi connectivity index (χ2n) is 6.30. The van der Waals surface area contributed by atoms with Gasteiger partial charge in [-0.05, 0) is 68.3 Å². The lowest BCUT2D eigenvalue weighted by atomic mass is 10.1. The molecule has 27 heavy (non-hydrogen) atoms. The predicted octanol–water partition coefficient (Wildman–Crippen LogP) is 4.61. The van der Waals surface area contributed by atoms with Crippen molar-refractivity contribution in [3.8, 4) is 0 Å². The van der Waals surface area contributed by atoms with E-state index in [-0.39, 0.29) is 11.9 Å². The van der Waals surface area contributed by atoms with Crippen LogP contribution in [0.25, 0.3) is 17.0 Å². The number of aromatic amines is 1. The van der Waals surface area contributed by atoms with Gasteiger partial charge in [0.2, 0.25) is 0 Å². The minimum atomic E-state index is -0.374. The van der Waals surface area contributed by atoms with E-state index in [9.17, 15) is 9.59 Å². The Labute approximate surface area is 158 Å². The van der Waals surface area contributed by atoms with E-state index >= 15 is 0 Å². The largest absolute Gasteiger partial charge is 0.463 e. The molecule has 0 bridgehead atoms. The van der Waals surface area contributed by atoms with Crippen LogP contribution in [-0.4, -0.2) is 23.5 Å². The highest BCUT2D eigenvalue weighted by Crippen LogP contribution is 2.23. The van der Waals surface area contributed by atoms with Crippen LogP contribution in [0.15, 0.2) is 48.5 Å². The van der Waals surface area contributed by atoms with E-state index in [1.54, 1.807) is 25.1 Å². The number of hydrogen-bond acceptors (Lipinski definition) is 3. The molecule has 5 nitrogen and oxygen atoms in total. The van der Waals surface area contributed by atoms with Gasteiger partial charge >= 0.3 is 5.97 Å². The summed E-state index contributed by atoms with van der Waals surface area (Å²) in [6.07, 6.45) is 3.06. The van der Waals surface area contributed by atoms with Gasteiger partial charge in [0.15, 0.2) is 0 Å². The highest BCUT2D eigenvalue weighted by Gasteiger charge is 2.10. The predicted molar refractivity (Wildman–Crippen MR) is 108 cm³/mol. The van der Waals surface area contributed by atoms with Crippen LogP contribution in [0.3, 0.4) is 0 Å². The van der Waals surface area contributed by atoms with Gasteiger partial charge in [-0.15, -0.1) is 0 Å². The molecule has 3 rings (SSSR count). The Morgan fingerprint density at radius 1 is 1.11 bits per heavy atom. The number of rotatable bonds is 5. The van der Waals surface area contributed by atoms with E-state index in [4.69, 9.17) is 4.74 Å². The van der Waals surface area contributed by atoms with Gasteiger partial charge in [0.25, 0.3) is 5.91 Å². The standard InChI is InChI=1S/C22H22N2O3/c1-4-27-21(25)12-7-16-5-9-18(10-6-16)24-22(26)17-8-11-20-19(13-17)14(2)15(3)23-20/h5-13,23H,4H2,1-3H3,(H,24,26)/b12-7+. The summed E-state index contributed by atoms with van der Waals surface area (Å²) >= 11 is 0. The number of aromatic nitrogens is 1. The molecule has 2 N–H and O–H groups in total. The maximum absolute atomic E-state index is 12.6. The van der Waals surface area contributed by atoms with Gasteiger partial charge in [-0.3, -0.25) is 4.79 Å². The second-order valence-corrected chi connectivity index (χ2v) is 6.30. The van der Waals surface area contributed by atoms with Crippen molar-refractivity contribution in [3.63, 3.8) is 0 Å². The van der Waals surface area contributed by atoms with Crippen molar-refractivity contribution in [2.45, 2.75) is 20.8 Å². The van der Waals surface area contributed by atoms with Gasteiger partial charge in [-0.25, -0.2) is 4.79 Å². The lowest BCUT2D eigenvalue weighted by Crippen LogP contribution is -2.11. The van der Waals surface area contributed by atoms with Gasteiger partial charge in [0.1, 0.15) is 0 Å². The van der Waals surface area contributed by atoms with Crippen LogP contribution < -0.4 is 5.32 Å². The van der Waals surface area contributed by atoms with Crippen molar-refractivity contribution in [2.24, 2.45) is 0 Å². The van der Waals surface area contributed by atoms with E-state index in [0.717, 1.165) is 27.7 Å². The summed E-state index contributed by atoms with van der Waals surface area (Å²) in [5, 5.41) is 3.95. The zero-order chi connectivity index (χ0) is 19.4. The number of carbonyl (C=O) groups is 2. The van der Waals surface area contributed by atoms with E-state index in [1.807, 2.05) is 44.2 Å². The maximum Gasteiger partial charge on any atom is 0.330 e. The van der Waals surface area contributed by atoms with Gasteiger partial charge in [0.05, 0.1) is 6.61 Å². The third-order valence-electron chi connectivity index (χ3n) is 4.44. The minimum Gasteiger partial charge on any atom is -0.463 e. The molecule has 1 heterocycles. The molecule has 1 amide bonds. The number of aryl methyl sites for hydroxylation is 2. The molecule has 0 fully saturated rings. The van der Waals surface area contributed by atoms with E-state index in [0.29, 0.717) is 17.9 Å². The van der Waals surface area contributed by atoms with Crippen LogP contribution in [0, 0.1) is 13.8 Å². The third kappa shape index (κ3) is 4.26. The van der Waals surface area contributed by atoms with Gasteiger partial charge in [0, 0.05) is 33.9 Å². The summed E-state index contributed by atoms with van der Waals surface area (Å²) in [6.45, 7) is 6.17. The fourth-order valence-corrected chi connectivity index (χ4v) is 2.84. The molecular formula is C22H22N2O3. The number of amides is 1. The van der Waals surface area contributed by atoms with Gasteiger partial charge in [-0.1, -0.05) is 12.1 Å². The van der Waals surface area contributed by atoms with Crippen molar-refractivity contribution < 1.29 is 14.3 Å². The van der Waals surface area contributed by atoms with E-state index in [2.05, 4.69) is 10.3 Å². The summed E-state index contributed by atoms with van der Waals surface area (Å²) in [7, 11) is 0. The summed E-state index contributed by atoms with van der Waals surface area (Å²) < 4.78 is 4.84. The SMILES string of the molecule is CCOC(=O)/C=C/c1ccc(NC(=O)c2ccc3[nH]c(C)c(C)c3c2)cc1. The minimum absolute atomic E-state index is 0.162. The molecule has 0 spiro atoms. The van der Waals surface area contributed by atoms with Crippen molar-refractivity contribution in [3.05, 3.63) is 70.9 Å². The van der Waals surface area contributed by atoms with Crippen LogP contribution in [0.5, 0.6) is 0 Å². The molecule has 1 aromatic heterocycles. The van der Waals surface area contributed by atoms with Crippen molar-refractivity contribution in [2.75, 3.05) is 11.9 Å². The quantitative estimate of drug-likeness (QED) is 0.514. The molecule has 2 aromatic carbocycles. The van der Waals surface area contributed by atoms with Crippen molar-refractivity contribution in [1.82, 2.24) is 4.98 Å². The molecule has 3 aromatic rings. The first kappa shape index (κ1) is 18.5. The summed E-state index contributed by atoms with van der Waals surface area (Å²) in [5.74, 6) is -0.537. The lowest BCUT2D eigenvalue weighted by Gasteiger charge is -2.06. The monoisotopic (exact) mass is 362 g/mol. The molecule has 0 saturated heterocycles. The van der Waals surface area contributed by atoms with Crippen LogP contribution in [0.4, 0.5) is 5.69 Å². The fraction of sp³-hybridized carbons (Fsp3) is 0.182. The summed E-state index contributed by atoms with van der Waals surface area (Å²) in [5.41, 5.74) is 5.43. The Hall–Kier alpha value is -3.34. The fourth-order valence-electron chi connectivity index (χ4n) is 2.84. The number of anilines is 1. The van der Waals surface area contributed by atoms with Crippen LogP contribution in [-0.2, 0) is 9.53 Å². The Kier molecular flexibility index (Phi) is 5.41. The van der Waals surface area contributed by atoms with Crippen LogP contribution in [0.2, 0.25) is 0 Å². The van der Waals surface area contributed by atoms with Crippen LogP contribution in [0.1, 0.15) is 34.1 Å². The second kappa shape index (κ2) is 7.91. The number of carbonyl (C=O) groups excluding carboxylic acids is 2. The average Bonchev–Trinajstić information content (AvgIpc) is 2.95. The maximum atomic E-state index is 12.6. The molecule has 0 radical (unpaired) electrons. The Balaban J connectivity index is 1.70. The van der Waals surface area contributed by atoms with Gasteiger partial charge in [-0.2, -0.15) is 0 Å². The van der Waals surface area contributed by atoms with Crippen molar-refractivity contribution in [1.29, 1.82) is 0 Å². The van der Waals surface area contributed by atoms with Gasteiger partial charge < -0.3 is 15.0 Å².